The van der Waals surface area contributed by atoms with E-state index in [1.807, 2.05) is 30.3 Å². The monoisotopic (exact) mass is 263 g/mol. The van der Waals surface area contributed by atoms with Crippen LogP contribution in [-0.4, -0.2) is 32.3 Å². The minimum Gasteiger partial charge on any atom is -0.381 e. The standard InChI is InChI=1S/C15H21NO3/c17-15(16-8-6-14-7-9-18-10-14)12-19-11-13-4-2-1-3-5-13/h1-5,14H,6-12H2,(H,16,17). The molecule has 1 aromatic rings. The molecular weight excluding hydrogens is 242 g/mol. The summed E-state index contributed by atoms with van der Waals surface area (Å²) in [5, 5.41) is 2.88. The number of carbonyl (C=O) groups is 1. The minimum absolute atomic E-state index is 0.0464. The van der Waals surface area contributed by atoms with E-state index in [2.05, 4.69) is 5.32 Å². The van der Waals surface area contributed by atoms with Crippen LogP contribution in [0.15, 0.2) is 30.3 Å². The first kappa shape index (κ1) is 14.0. The first-order valence-electron chi connectivity index (χ1n) is 6.80. The summed E-state index contributed by atoms with van der Waals surface area (Å²) >= 11 is 0. The Labute approximate surface area is 114 Å². The van der Waals surface area contributed by atoms with Gasteiger partial charge in [0.05, 0.1) is 6.61 Å². The van der Waals surface area contributed by atoms with Crippen molar-refractivity contribution in [1.82, 2.24) is 5.32 Å². The van der Waals surface area contributed by atoms with Crippen LogP contribution in [-0.2, 0) is 20.9 Å². The number of hydrogen-bond donors (Lipinski definition) is 1. The quantitative estimate of drug-likeness (QED) is 0.815. The smallest absolute Gasteiger partial charge is 0.246 e. The van der Waals surface area contributed by atoms with Gasteiger partial charge >= 0.3 is 0 Å². The second kappa shape index (κ2) is 7.92. The van der Waals surface area contributed by atoms with Crippen LogP contribution in [0, 0.1) is 5.92 Å². The maximum Gasteiger partial charge on any atom is 0.246 e. The van der Waals surface area contributed by atoms with Crippen LogP contribution in [0.5, 0.6) is 0 Å². The van der Waals surface area contributed by atoms with E-state index in [4.69, 9.17) is 9.47 Å². The highest BCUT2D eigenvalue weighted by atomic mass is 16.5. The summed E-state index contributed by atoms with van der Waals surface area (Å²) in [6.45, 7) is 3.00. The average Bonchev–Trinajstić information content (AvgIpc) is 2.93. The molecule has 0 aromatic heterocycles. The maximum atomic E-state index is 11.5. The summed E-state index contributed by atoms with van der Waals surface area (Å²) in [5.41, 5.74) is 1.08. The van der Waals surface area contributed by atoms with Crippen LogP contribution < -0.4 is 5.32 Å². The summed E-state index contributed by atoms with van der Waals surface area (Å²) in [4.78, 5) is 11.5. The van der Waals surface area contributed by atoms with Gasteiger partial charge in [0.2, 0.25) is 5.91 Å². The van der Waals surface area contributed by atoms with Crippen LogP contribution in [0.25, 0.3) is 0 Å². The van der Waals surface area contributed by atoms with Crippen molar-refractivity contribution in [2.24, 2.45) is 5.92 Å². The molecule has 1 fully saturated rings. The molecule has 1 unspecified atom stereocenters. The second-order valence-electron chi connectivity index (χ2n) is 4.85. The number of carbonyl (C=O) groups excluding carboxylic acids is 1. The minimum atomic E-state index is -0.0464. The first-order valence-corrected chi connectivity index (χ1v) is 6.80. The summed E-state index contributed by atoms with van der Waals surface area (Å²) in [5.74, 6) is 0.556. The predicted octanol–water partition coefficient (Wildman–Crippen LogP) is 1.75. The molecule has 1 amide bonds. The number of hydrogen-bond acceptors (Lipinski definition) is 3. The molecule has 1 heterocycles. The van der Waals surface area contributed by atoms with Crippen molar-refractivity contribution in [3.63, 3.8) is 0 Å². The van der Waals surface area contributed by atoms with Crippen LogP contribution in [0.2, 0.25) is 0 Å². The lowest BCUT2D eigenvalue weighted by Crippen LogP contribution is -2.29. The van der Waals surface area contributed by atoms with Gasteiger partial charge in [-0.05, 0) is 24.3 Å². The van der Waals surface area contributed by atoms with Crippen molar-refractivity contribution >= 4 is 5.91 Å². The first-order chi connectivity index (χ1) is 9.34. The van der Waals surface area contributed by atoms with Crippen molar-refractivity contribution < 1.29 is 14.3 Å². The highest BCUT2D eigenvalue weighted by Gasteiger charge is 2.15. The molecule has 19 heavy (non-hydrogen) atoms. The Kier molecular flexibility index (Phi) is 5.85. The zero-order valence-electron chi connectivity index (χ0n) is 11.1. The molecule has 1 aliphatic rings. The fourth-order valence-electron chi connectivity index (χ4n) is 2.11. The molecule has 4 nitrogen and oxygen atoms in total. The molecule has 0 saturated carbocycles. The fraction of sp³-hybridized carbons (Fsp3) is 0.533. The number of rotatable bonds is 7. The van der Waals surface area contributed by atoms with Gasteiger partial charge in [-0.15, -0.1) is 0 Å². The van der Waals surface area contributed by atoms with E-state index in [9.17, 15) is 4.79 Å². The van der Waals surface area contributed by atoms with E-state index in [0.717, 1.165) is 31.6 Å². The van der Waals surface area contributed by atoms with Crippen molar-refractivity contribution in [2.75, 3.05) is 26.4 Å². The Morgan fingerprint density at radius 3 is 2.95 bits per heavy atom. The normalized spacial score (nSPS) is 18.4. The molecule has 1 aliphatic heterocycles. The van der Waals surface area contributed by atoms with Gasteiger partial charge in [0.25, 0.3) is 0 Å². The van der Waals surface area contributed by atoms with Crippen molar-refractivity contribution in [1.29, 1.82) is 0 Å². The molecule has 1 atom stereocenters. The van der Waals surface area contributed by atoms with Gasteiger partial charge in [-0.25, -0.2) is 0 Å². The van der Waals surface area contributed by atoms with Gasteiger partial charge in [-0.2, -0.15) is 0 Å². The molecule has 104 valence electrons. The summed E-state index contributed by atoms with van der Waals surface area (Å²) in [6, 6.07) is 9.85. The van der Waals surface area contributed by atoms with E-state index in [-0.39, 0.29) is 12.5 Å². The highest BCUT2D eigenvalue weighted by molar-refractivity contribution is 5.77. The third-order valence-corrected chi connectivity index (χ3v) is 3.24. The lowest BCUT2D eigenvalue weighted by atomic mass is 10.1. The number of amides is 1. The van der Waals surface area contributed by atoms with Gasteiger partial charge in [-0.1, -0.05) is 30.3 Å². The van der Waals surface area contributed by atoms with Crippen LogP contribution in [0.4, 0.5) is 0 Å². The Morgan fingerprint density at radius 1 is 1.37 bits per heavy atom. The summed E-state index contributed by atoms with van der Waals surface area (Å²) in [6.07, 6.45) is 2.10. The highest BCUT2D eigenvalue weighted by Crippen LogP contribution is 2.15. The Balaban J connectivity index is 1.52. The van der Waals surface area contributed by atoms with Gasteiger partial charge < -0.3 is 14.8 Å². The van der Waals surface area contributed by atoms with Crippen LogP contribution in [0.1, 0.15) is 18.4 Å². The van der Waals surface area contributed by atoms with Gasteiger partial charge in [0.15, 0.2) is 0 Å². The molecule has 4 heteroatoms. The van der Waals surface area contributed by atoms with Crippen LogP contribution >= 0.6 is 0 Å². The Morgan fingerprint density at radius 2 is 2.21 bits per heavy atom. The Hall–Kier alpha value is -1.39. The van der Waals surface area contributed by atoms with E-state index in [1.165, 1.54) is 0 Å². The molecule has 1 aromatic carbocycles. The van der Waals surface area contributed by atoms with Gasteiger partial charge in [0.1, 0.15) is 6.61 Å². The number of nitrogens with one attached hydrogen (secondary N) is 1. The van der Waals surface area contributed by atoms with E-state index < -0.39 is 0 Å². The third kappa shape index (κ3) is 5.41. The summed E-state index contributed by atoms with van der Waals surface area (Å²) in [7, 11) is 0. The van der Waals surface area contributed by atoms with E-state index >= 15 is 0 Å². The van der Waals surface area contributed by atoms with Gasteiger partial charge in [0, 0.05) is 19.8 Å². The van der Waals surface area contributed by atoms with Crippen LogP contribution in [0.3, 0.4) is 0 Å². The lowest BCUT2D eigenvalue weighted by molar-refractivity contribution is -0.126. The molecule has 2 rings (SSSR count). The number of benzene rings is 1. The lowest BCUT2D eigenvalue weighted by Gasteiger charge is -2.09. The topological polar surface area (TPSA) is 47.6 Å². The predicted molar refractivity (Wildman–Crippen MR) is 72.7 cm³/mol. The average molecular weight is 263 g/mol. The zero-order chi connectivity index (χ0) is 13.3. The van der Waals surface area contributed by atoms with E-state index in [0.29, 0.717) is 19.1 Å². The molecule has 1 N–H and O–H groups in total. The van der Waals surface area contributed by atoms with Gasteiger partial charge in [-0.3, -0.25) is 4.79 Å². The van der Waals surface area contributed by atoms with Crippen molar-refractivity contribution in [3.8, 4) is 0 Å². The zero-order valence-corrected chi connectivity index (χ0v) is 11.1. The summed E-state index contributed by atoms with van der Waals surface area (Å²) < 4.78 is 10.7. The SMILES string of the molecule is O=C(COCc1ccccc1)NCCC1CCOC1. The molecule has 0 radical (unpaired) electrons. The second-order valence-corrected chi connectivity index (χ2v) is 4.85. The third-order valence-electron chi connectivity index (χ3n) is 3.24. The maximum absolute atomic E-state index is 11.5. The molecule has 0 aliphatic carbocycles. The van der Waals surface area contributed by atoms with Crippen molar-refractivity contribution in [3.05, 3.63) is 35.9 Å². The Bertz CT molecular complexity index is 374. The fourth-order valence-corrected chi connectivity index (χ4v) is 2.11. The molecule has 0 bridgehead atoms. The van der Waals surface area contributed by atoms with Crippen molar-refractivity contribution in [2.45, 2.75) is 19.4 Å². The molecular formula is C15H21NO3. The van der Waals surface area contributed by atoms with E-state index in [1.54, 1.807) is 0 Å². The molecule has 1 saturated heterocycles. The largest absolute Gasteiger partial charge is 0.381 e. The molecule has 0 spiro atoms. The number of ether oxygens (including phenoxy) is 2.